The van der Waals surface area contributed by atoms with Gasteiger partial charge in [-0.1, -0.05) is 12.1 Å². The average molecular weight is 418 g/mol. The van der Waals surface area contributed by atoms with E-state index in [0.717, 1.165) is 5.56 Å². The van der Waals surface area contributed by atoms with Crippen molar-refractivity contribution in [2.45, 2.75) is 6.92 Å². The molecule has 154 valence electrons. The molecule has 0 unspecified atom stereocenters. The van der Waals surface area contributed by atoms with Gasteiger partial charge in [-0.05, 0) is 30.7 Å². The number of furan rings is 1. The van der Waals surface area contributed by atoms with Crippen LogP contribution >= 0.6 is 0 Å². The van der Waals surface area contributed by atoms with E-state index in [1.807, 2.05) is 0 Å². The topological polar surface area (TPSA) is 152 Å². The number of nitriles is 1. The van der Waals surface area contributed by atoms with E-state index in [2.05, 4.69) is 5.32 Å². The molecule has 0 radical (unpaired) electrons. The van der Waals surface area contributed by atoms with Crippen molar-refractivity contribution < 1.29 is 19.1 Å². The summed E-state index contributed by atoms with van der Waals surface area (Å²) >= 11 is 0. The van der Waals surface area contributed by atoms with Gasteiger partial charge in [-0.2, -0.15) is 5.26 Å². The van der Waals surface area contributed by atoms with Crippen molar-refractivity contribution in [1.29, 1.82) is 5.26 Å². The van der Waals surface area contributed by atoms with Crippen LogP contribution in [0.3, 0.4) is 0 Å². The lowest BCUT2D eigenvalue weighted by Gasteiger charge is -2.04. The summed E-state index contributed by atoms with van der Waals surface area (Å²) in [5.41, 5.74) is 0.829. The zero-order chi connectivity index (χ0) is 22.5. The van der Waals surface area contributed by atoms with Gasteiger partial charge in [0.1, 0.15) is 23.2 Å². The van der Waals surface area contributed by atoms with Gasteiger partial charge in [-0.15, -0.1) is 0 Å². The lowest BCUT2D eigenvalue weighted by atomic mass is 10.1. The maximum atomic E-state index is 12.4. The van der Waals surface area contributed by atoms with Gasteiger partial charge in [0.15, 0.2) is 0 Å². The van der Waals surface area contributed by atoms with Crippen molar-refractivity contribution >= 4 is 29.0 Å². The molecule has 0 aliphatic heterocycles. The number of hydrogen-bond acceptors (Lipinski definition) is 7. The Morgan fingerprint density at radius 1 is 1.06 bits per heavy atom. The summed E-state index contributed by atoms with van der Waals surface area (Å²) in [6.45, 7) is 1.77. The van der Waals surface area contributed by atoms with Gasteiger partial charge in [-0.25, -0.2) is 0 Å². The van der Waals surface area contributed by atoms with Crippen LogP contribution in [0.5, 0.6) is 0 Å². The van der Waals surface area contributed by atoms with Crippen molar-refractivity contribution in [3.8, 4) is 17.4 Å². The maximum Gasteiger partial charge on any atom is 0.271 e. The highest BCUT2D eigenvalue weighted by Crippen LogP contribution is 2.30. The third-order valence-corrected chi connectivity index (χ3v) is 4.29. The normalized spacial score (nSPS) is 10.9. The first-order valence-electron chi connectivity index (χ1n) is 8.81. The van der Waals surface area contributed by atoms with Gasteiger partial charge in [-0.3, -0.25) is 25.0 Å². The molecule has 0 saturated carbocycles. The third-order valence-electron chi connectivity index (χ3n) is 4.29. The van der Waals surface area contributed by atoms with E-state index in [-0.39, 0.29) is 28.4 Å². The smallest absolute Gasteiger partial charge is 0.271 e. The molecule has 0 saturated heterocycles. The molecule has 0 fully saturated rings. The Bertz CT molecular complexity index is 1270. The average Bonchev–Trinajstić information content (AvgIpc) is 3.20. The molecular formula is C21H14N4O6. The Kier molecular flexibility index (Phi) is 5.88. The van der Waals surface area contributed by atoms with E-state index in [9.17, 15) is 30.3 Å². The molecule has 1 aromatic heterocycles. The third kappa shape index (κ3) is 4.80. The van der Waals surface area contributed by atoms with Gasteiger partial charge in [0.2, 0.25) is 0 Å². The highest BCUT2D eigenvalue weighted by Gasteiger charge is 2.15. The van der Waals surface area contributed by atoms with Crippen LogP contribution in [-0.4, -0.2) is 15.8 Å². The van der Waals surface area contributed by atoms with E-state index in [1.54, 1.807) is 25.1 Å². The van der Waals surface area contributed by atoms with E-state index in [4.69, 9.17) is 4.42 Å². The number of aryl methyl sites for hydroxylation is 1. The Morgan fingerprint density at radius 2 is 1.77 bits per heavy atom. The molecule has 10 heteroatoms. The fourth-order valence-electron chi connectivity index (χ4n) is 2.75. The largest absolute Gasteiger partial charge is 0.457 e. The van der Waals surface area contributed by atoms with Gasteiger partial charge < -0.3 is 9.73 Å². The van der Waals surface area contributed by atoms with Crippen LogP contribution in [-0.2, 0) is 4.79 Å². The summed E-state index contributed by atoms with van der Waals surface area (Å²) in [7, 11) is 0. The SMILES string of the molecule is Cc1ccc([N+](=O)[O-])cc1-c1ccc(/C=C(\C#N)C(=O)Nc2cccc([N+](=O)[O-])c2)o1. The van der Waals surface area contributed by atoms with Gasteiger partial charge in [0.05, 0.1) is 9.85 Å². The molecule has 0 bridgehead atoms. The van der Waals surface area contributed by atoms with Gasteiger partial charge in [0, 0.05) is 41.6 Å². The molecule has 1 amide bonds. The summed E-state index contributed by atoms with van der Waals surface area (Å²) in [6, 6.07) is 14.5. The standard InChI is InChI=1S/C21H14N4O6/c1-13-5-6-17(25(29)30)11-19(13)20-8-7-18(31-20)9-14(12-22)21(26)23-15-3-2-4-16(10-15)24(27)28/h2-11H,1H3,(H,23,26)/b14-9+. The van der Waals surface area contributed by atoms with Crippen LogP contribution in [0.15, 0.2) is 64.6 Å². The molecule has 0 spiro atoms. The fourth-order valence-corrected chi connectivity index (χ4v) is 2.75. The Hall–Kier alpha value is -4.78. The van der Waals surface area contributed by atoms with Crippen LogP contribution in [0, 0.1) is 38.5 Å². The summed E-state index contributed by atoms with van der Waals surface area (Å²) in [4.78, 5) is 33.1. The van der Waals surface area contributed by atoms with Crippen molar-refractivity contribution in [2.75, 3.05) is 5.32 Å². The number of amides is 1. The number of hydrogen-bond donors (Lipinski definition) is 1. The summed E-state index contributed by atoms with van der Waals surface area (Å²) in [5, 5.41) is 33.6. The molecular weight excluding hydrogens is 404 g/mol. The Labute approximate surface area is 175 Å². The number of benzene rings is 2. The molecule has 10 nitrogen and oxygen atoms in total. The van der Waals surface area contributed by atoms with Crippen LogP contribution in [0.2, 0.25) is 0 Å². The minimum atomic E-state index is -0.771. The fraction of sp³-hybridized carbons (Fsp3) is 0.0476. The molecule has 0 aliphatic carbocycles. The number of non-ortho nitro benzene ring substituents is 2. The first kappa shape index (κ1) is 20.9. The summed E-state index contributed by atoms with van der Waals surface area (Å²) in [5.74, 6) is -0.247. The summed E-state index contributed by atoms with van der Waals surface area (Å²) < 4.78 is 5.65. The molecule has 3 aromatic rings. The van der Waals surface area contributed by atoms with Crippen molar-refractivity contribution in [2.24, 2.45) is 0 Å². The number of nitro groups is 2. The predicted octanol–water partition coefficient (Wildman–Crippen LogP) is 4.62. The minimum Gasteiger partial charge on any atom is -0.457 e. The highest BCUT2D eigenvalue weighted by atomic mass is 16.6. The highest BCUT2D eigenvalue weighted by molar-refractivity contribution is 6.09. The van der Waals surface area contributed by atoms with E-state index in [0.29, 0.717) is 11.3 Å². The molecule has 0 aliphatic rings. The van der Waals surface area contributed by atoms with E-state index < -0.39 is 15.8 Å². The second kappa shape index (κ2) is 8.71. The number of carbonyl (C=O) groups excluding carboxylic acids is 1. The maximum absolute atomic E-state index is 12.4. The first-order valence-corrected chi connectivity index (χ1v) is 8.81. The quantitative estimate of drug-likeness (QED) is 0.265. The zero-order valence-corrected chi connectivity index (χ0v) is 16.1. The van der Waals surface area contributed by atoms with E-state index in [1.165, 1.54) is 48.5 Å². The van der Waals surface area contributed by atoms with Crippen molar-refractivity contribution in [3.63, 3.8) is 0 Å². The number of carbonyl (C=O) groups is 1. The Balaban J connectivity index is 1.85. The monoisotopic (exact) mass is 418 g/mol. The van der Waals surface area contributed by atoms with Crippen LogP contribution in [0.1, 0.15) is 11.3 Å². The zero-order valence-electron chi connectivity index (χ0n) is 16.1. The number of nitrogens with zero attached hydrogens (tertiary/aromatic N) is 3. The van der Waals surface area contributed by atoms with Gasteiger partial charge in [0.25, 0.3) is 17.3 Å². The van der Waals surface area contributed by atoms with Crippen LogP contribution in [0.4, 0.5) is 17.1 Å². The number of nitrogens with one attached hydrogen (secondary N) is 1. The molecule has 1 N–H and O–H groups in total. The van der Waals surface area contributed by atoms with Gasteiger partial charge >= 0.3 is 0 Å². The molecule has 31 heavy (non-hydrogen) atoms. The lowest BCUT2D eigenvalue weighted by Crippen LogP contribution is -2.13. The van der Waals surface area contributed by atoms with Crippen molar-refractivity contribution in [3.05, 3.63) is 91.7 Å². The number of rotatable bonds is 6. The lowest BCUT2D eigenvalue weighted by molar-refractivity contribution is -0.385. The van der Waals surface area contributed by atoms with Crippen LogP contribution < -0.4 is 5.32 Å². The number of nitro benzene ring substituents is 2. The molecule has 3 rings (SSSR count). The second-order valence-electron chi connectivity index (χ2n) is 6.39. The van der Waals surface area contributed by atoms with Crippen LogP contribution in [0.25, 0.3) is 17.4 Å². The first-order chi connectivity index (χ1) is 14.8. The molecule has 0 atom stereocenters. The van der Waals surface area contributed by atoms with Crippen molar-refractivity contribution in [1.82, 2.24) is 0 Å². The predicted molar refractivity (Wildman–Crippen MR) is 111 cm³/mol. The minimum absolute atomic E-state index is 0.0943. The number of anilines is 1. The second-order valence-corrected chi connectivity index (χ2v) is 6.39. The molecule has 2 aromatic carbocycles. The molecule has 1 heterocycles. The Morgan fingerprint density at radius 3 is 2.45 bits per heavy atom. The van der Waals surface area contributed by atoms with E-state index >= 15 is 0 Å². The summed E-state index contributed by atoms with van der Waals surface area (Å²) in [6.07, 6.45) is 1.21.